The summed E-state index contributed by atoms with van der Waals surface area (Å²) in [5, 5.41) is 6.57. The Kier molecular flexibility index (Phi) is 11.0. The Balaban J connectivity index is 0.00000512. The number of hydrogen-bond acceptors (Lipinski definition) is 5. The third-order valence-electron chi connectivity index (χ3n) is 4.40. The van der Waals surface area contributed by atoms with Gasteiger partial charge in [-0.1, -0.05) is 12.1 Å². The highest BCUT2D eigenvalue weighted by Crippen LogP contribution is 2.16. The van der Waals surface area contributed by atoms with E-state index in [0.29, 0.717) is 31.3 Å². The monoisotopic (exact) mass is 561 g/mol. The highest BCUT2D eigenvalue weighted by Gasteiger charge is 2.34. The van der Waals surface area contributed by atoms with Gasteiger partial charge in [0.15, 0.2) is 12.6 Å². The lowest BCUT2D eigenvalue weighted by molar-refractivity contribution is -0.130. The molecule has 0 aliphatic carbocycles. The van der Waals surface area contributed by atoms with E-state index in [1.807, 2.05) is 52.0 Å². The zero-order chi connectivity index (χ0) is 23.0. The SMILES string of the molecule is CCNC(=NCc1cccc(OCC(=O)N(C)C)c1)NC1CN(C(=O)OC(C)(C)C)C1.I. The van der Waals surface area contributed by atoms with Gasteiger partial charge in [0.25, 0.3) is 5.91 Å². The summed E-state index contributed by atoms with van der Waals surface area (Å²) < 4.78 is 10.9. The number of aliphatic imine (C=N–C) groups is 1. The standard InChI is InChI=1S/C22H35N5O4.HI/c1-7-23-20(25-17-13-27(14-17)21(29)31-22(2,3)4)24-12-16-9-8-10-18(11-16)30-15-19(28)26(5)6;/h8-11,17H,7,12-15H2,1-6H3,(H2,23,24,25);1H. The maximum atomic E-state index is 12.1. The van der Waals surface area contributed by atoms with Gasteiger partial charge in [-0.05, 0) is 45.4 Å². The van der Waals surface area contributed by atoms with Crippen molar-refractivity contribution in [1.82, 2.24) is 20.4 Å². The zero-order valence-corrected chi connectivity index (χ0v) is 22.1. The summed E-state index contributed by atoms with van der Waals surface area (Å²) in [7, 11) is 3.39. The van der Waals surface area contributed by atoms with Crippen molar-refractivity contribution in [2.75, 3.05) is 40.3 Å². The van der Waals surface area contributed by atoms with E-state index in [0.717, 1.165) is 12.1 Å². The molecule has 0 unspecified atom stereocenters. The minimum atomic E-state index is -0.496. The Morgan fingerprint density at radius 1 is 1.25 bits per heavy atom. The van der Waals surface area contributed by atoms with Crippen molar-refractivity contribution in [3.05, 3.63) is 29.8 Å². The van der Waals surface area contributed by atoms with E-state index in [2.05, 4.69) is 15.6 Å². The van der Waals surface area contributed by atoms with Crippen LogP contribution in [0.4, 0.5) is 4.79 Å². The first-order chi connectivity index (χ1) is 14.6. The molecular formula is C22H36IN5O4. The summed E-state index contributed by atoms with van der Waals surface area (Å²) in [6, 6.07) is 7.66. The van der Waals surface area contributed by atoms with Crippen LogP contribution in [0.1, 0.15) is 33.3 Å². The molecule has 1 aromatic carbocycles. The van der Waals surface area contributed by atoms with E-state index < -0.39 is 5.60 Å². The maximum absolute atomic E-state index is 12.1. The van der Waals surface area contributed by atoms with Crippen LogP contribution in [0.5, 0.6) is 5.75 Å². The van der Waals surface area contributed by atoms with Gasteiger partial charge in [-0.2, -0.15) is 0 Å². The molecule has 2 rings (SSSR count). The first-order valence-electron chi connectivity index (χ1n) is 10.5. The number of carbonyl (C=O) groups excluding carboxylic acids is 2. The van der Waals surface area contributed by atoms with Crippen molar-refractivity contribution in [3.63, 3.8) is 0 Å². The van der Waals surface area contributed by atoms with Crippen LogP contribution in [0.25, 0.3) is 0 Å². The van der Waals surface area contributed by atoms with Gasteiger partial charge in [0.1, 0.15) is 11.4 Å². The van der Waals surface area contributed by atoms with Gasteiger partial charge in [-0.25, -0.2) is 9.79 Å². The molecule has 1 saturated heterocycles. The number of guanidine groups is 1. The zero-order valence-electron chi connectivity index (χ0n) is 19.8. The predicted molar refractivity (Wildman–Crippen MR) is 136 cm³/mol. The van der Waals surface area contributed by atoms with Crippen LogP contribution >= 0.6 is 24.0 Å². The van der Waals surface area contributed by atoms with Crippen LogP contribution in [0.2, 0.25) is 0 Å². The van der Waals surface area contributed by atoms with Crippen molar-refractivity contribution in [3.8, 4) is 5.75 Å². The minimum Gasteiger partial charge on any atom is -0.484 e. The second kappa shape index (κ2) is 12.7. The summed E-state index contributed by atoms with van der Waals surface area (Å²) in [6.07, 6.45) is -0.294. The second-order valence-electron chi connectivity index (χ2n) is 8.65. The molecule has 1 heterocycles. The molecule has 0 spiro atoms. The number of nitrogens with one attached hydrogen (secondary N) is 2. The number of carbonyl (C=O) groups is 2. The van der Waals surface area contributed by atoms with Gasteiger partial charge >= 0.3 is 6.09 Å². The van der Waals surface area contributed by atoms with E-state index >= 15 is 0 Å². The summed E-state index contributed by atoms with van der Waals surface area (Å²) in [5.74, 6) is 1.22. The topological polar surface area (TPSA) is 95.5 Å². The van der Waals surface area contributed by atoms with E-state index in [4.69, 9.17) is 9.47 Å². The molecular weight excluding hydrogens is 525 g/mol. The Morgan fingerprint density at radius 3 is 2.53 bits per heavy atom. The van der Waals surface area contributed by atoms with Crippen molar-refractivity contribution >= 4 is 41.9 Å². The fourth-order valence-electron chi connectivity index (χ4n) is 2.74. The molecule has 1 aromatic rings. The minimum absolute atomic E-state index is 0. The summed E-state index contributed by atoms with van der Waals surface area (Å²) in [4.78, 5) is 31.5. The largest absolute Gasteiger partial charge is 0.484 e. The number of rotatable bonds is 7. The number of likely N-dealkylation sites (tertiary alicyclic amines) is 1. The van der Waals surface area contributed by atoms with Crippen LogP contribution in [-0.4, -0.2) is 79.7 Å². The summed E-state index contributed by atoms with van der Waals surface area (Å²) in [5.41, 5.74) is 0.472. The Morgan fingerprint density at radius 2 is 1.94 bits per heavy atom. The quantitative estimate of drug-likeness (QED) is 0.302. The molecule has 2 N–H and O–H groups in total. The molecule has 32 heavy (non-hydrogen) atoms. The maximum Gasteiger partial charge on any atom is 0.410 e. The Bertz CT molecular complexity index is 789. The highest BCUT2D eigenvalue weighted by molar-refractivity contribution is 14.0. The van der Waals surface area contributed by atoms with E-state index in [-0.39, 0.29) is 48.6 Å². The molecule has 1 fully saturated rings. The smallest absolute Gasteiger partial charge is 0.410 e. The van der Waals surface area contributed by atoms with Gasteiger partial charge in [0, 0.05) is 33.7 Å². The molecule has 0 saturated carbocycles. The summed E-state index contributed by atoms with van der Waals surface area (Å²) in [6.45, 7) is 9.90. The van der Waals surface area contributed by atoms with E-state index in [1.165, 1.54) is 4.90 Å². The van der Waals surface area contributed by atoms with Gasteiger partial charge in [-0.15, -0.1) is 24.0 Å². The first-order valence-corrected chi connectivity index (χ1v) is 10.5. The van der Waals surface area contributed by atoms with Crippen LogP contribution in [0.3, 0.4) is 0 Å². The average molecular weight is 561 g/mol. The highest BCUT2D eigenvalue weighted by atomic mass is 127. The molecule has 0 radical (unpaired) electrons. The number of amides is 2. The molecule has 180 valence electrons. The van der Waals surface area contributed by atoms with Crippen molar-refractivity contribution < 1.29 is 19.1 Å². The number of halogens is 1. The van der Waals surface area contributed by atoms with Crippen LogP contribution in [0, 0.1) is 0 Å². The first kappa shape index (κ1) is 27.8. The average Bonchev–Trinajstić information content (AvgIpc) is 2.65. The van der Waals surface area contributed by atoms with E-state index in [1.54, 1.807) is 19.0 Å². The lowest BCUT2D eigenvalue weighted by Crippen LogP contribution is -2.63. The van der Waals surface area contributed by atoms with Gasteiger partial charge in [0.05, 0.1) is 12.6 Å². The van der Waals surface area contributed by atoms with Crippen LogP contribution < -0.4 is 15.4 Å². The molecule has 2 amide bonds. The molecule has 0 atom stereocenters. The van der Waals surface area contributed by atoms with Crippen molar-refractivity contribution in [1.29, 1.82) is 0 Å². The second-order valence-corrected chi connectivity index (χ2v) is 8.65. The Hall–Kier alpha value is -2.24. The van der Waals surface area contributed by atoms with E-state index in [9.17, 15) is 9.59 Å². The summed E-state index contributed by atoms with van der Waals surface area (Å²) >= 11 is 0. The fourth-order valence-corrected chi connectivity index (χ4v) is 2.74. The number of hydrogen-bond donors (Lipinski definition) is 2. The van der Waals surface area contributed by atoms with Crippen LogP contribution in [0.15, 0.2) is 29.3 Å². The fraction of sp³-hybridized carbons (Fsp3) is 0.591. The third kappa shape index (κ3) is 9.49. The Labute approximate surface area is 207 Å². The molecule has 1 aliphatic heterocycles. The van der Waals surface area contributed by atoms with Crippen LogP contribution in [-0.2, 0) is 16.1 Å². The number of nitrogens with zero attached hydrogens (tertiary/aromatic N) is 3. The lowest BCUT2D eigenvalue weighted by Gasteiger charge is -2.40. The molecule has 1 aliphatic rings. The van der Waals surface area contributed by atoms with Gasteiger partial charge in [0.2, 0.25) is 0 Å². The predicted octanol–water partition coefficient (Wildman–Crippen LogP) is 2.45. The number of likely N-dealkylation sites (N-methyl/N-ethyl adjacent to an activating group) is 1. The van der Waals surface area contributed by atoms with Crippen molar-refractivity contribution in [2.24, 2.45) is 4.99 Å². The third-order valence-corrected chi connectivity index (χ3v) is 4.40. The van der Waals surface area contributed by atoms with Gasteiger partial charge in [-0.3, -0.25) is 4.79 Å². The van der Waals surface area contributed by atoms with Crippen molar-refractivity contribution in [2.45, 2.75) is 45.9 Å². The number of ether oxygens (including phenoxy) is 2. The molecule has 0 bridgehead atoms. The molecule has 0 aromatic heterocycles. The molecule has 9 nitrogen and oxygen atoms in total. The normalized spacial score (nSPS) is 14.1. The lowest BCUT2D eigenvalue weighted by atomic mass is 10.1. The van der Waals surface area contributed by atoms with Gasteiger partial charge < -0.3 is 29.9 Å². The number of benzene rings is 1. The molecule has 10 heteroatoms.